The Bertz CT molecular complexity index is 905. The fraction of sp³-hybridized carbons (Fsp3) is 0.250. The number of rotatable bonds is 6. The Labute approximate surface area is 166 Å². The van der Waals surface area contributed by atoms with Crippen LogP contribution in [0.15, 0.2) is 79.0 Å². The summed E-state index contributed by atoms with van der Waals surface area (Å²) in [6.45, 7) is 0.506. The monoisotopic (exact) mass is 371 g/mol. The molecule has 2 aromatic carbocycles. The van der Waals surface area contributed by atoms with Crippen LogP contribution in [-0.2, 0) is 6.54 Å². The summed E-state index contributed by atoms with van der Waals surface area (Å²) >= 11 is 0. The van der Waals surface area contributed by atoms with Gasteiger partial charge in [-0.25, -0.2) is 0 Å². The summed E-state index contributed by atoms with van der Waals surface area (Å²) in [4.78, 5) is 19.5. The summed E-state index contributed by atoms with van der Waals surface area (Å²) in [7, 11) is 0. The zero-order valence-electron chi connectivity index (χ0n) is 15.9. The Morgan fingerprint density at radius 3 is 2.36 bits per heavy atom. The van der Waals surface area contributed by atoms with Crippen LogP contribution in [0.1, 0.15) is 41.7 Å². The highest BCUT2D eigenvalue weighted by atomic mass is 16.2. The molecule has 1 aliphatic rings. The molecule has 4 rings (SSSR count). The van der Waals surface area contributed by atoms with Crippen LogP contribution in [-0.4, -0.2) is 16.9 Å². The molecule has 4 nitrogen and oxygen atoms in total. The van der Waals surface area contributed by atoms with Crippen molar-refractivity contribution in [3.8, 4) is 0 Å². The van der Waals surface area contributed by atoms with E-state index in [0.29, 0.717) is 18.3 Å². The predicted molar refractivity (Wildman–Crippen MR) is 114 cm³/mol. The number of amides is 1. The molecule has 142 valence electrons. The van der Waals surface area contributed by atoms with Crippen molar-refractivity contribution in [1.29, 1.82) is 0 Å². The van der Waals surface area contributed by atoms with Crippen LogP contribution < -0.4 is 10.2 Å². The van der Waals surface area contributed by atoms with Crippen molar-refractivity contribution in [3.63, 3.8) is 0 Å². The Kier molecular flexibility index (Phi) is 5.66. The fourth-order valence-electron chi connectivity index (χ4n) is 3.74. The molecule has 3 aromatic rings. The number of anilines is 2. The minimum absolute atomic E-state index is 0.0925. The van der Waals surface area contributed by atoms with Gasteiger partial charge in [-0.2, -0.15) is 0 Å². The molecule has 1 N–H and O–H groups in total. The maximum atomic E-state index is 13.4. The standard InChI is InChI=1S/C24H25N3O/c28-24(23-17-21(15-16-25-23)26-20-11-7-8-12-20)27(22-13-5-2-6-14-22)18-19-9-3-1-4-10-19/h1-6,9-10,13-17,20H,7-8,11-12,18H2,(H,25,26). The van der Waals surface area contributed by atoms with E-state index >= 15 is 0 Å². The van der Waals surface area contributed by atoms with Gasteiger partial charge < -0.3 is 10.2 Å². The molecule has 1 saturated carbocycles. The first-order valence-electron chi connectivity index (χ1n) is 9.93. The SMILES string of the molecule is O=C(c1cc(NC2CCCC2)ccn1)N(Cc1ccccc1)c1ccccc1. The first kappa shape index (κ1) is 18.2. The van der Waals surface area contributed by atoms with Gasteiger partial charge in [-0.15, -0.1) is 0 Å². The lowest BCUT2D eigenvalue weighted by Crippen LogP contribution is -2.31. The third-order valence-corrected chi connectivity index (χ3v) is 5.20. The molecule has 0 bridgehead atoms. The van der Waals surface area contributed by atoms with Crippen molar-refractivity contribution in [2.24, 2.45) is 0 Å². The molecule has 1 aliphatic carbocycles. The van der Waals surface area contributed by atoms with E-state index in [1.165, 1.54) is 25.7 Å². The van der Waals surface area contributed by atoms with Gasteiger partial charge >= 0.3 is 0 Å². The molecule has 0 saturated heterocycles. The van der Waals surface area contributed by atoms with Gasteiger partial charge in [-0.3, -0.25) is 9.78 Å². The number of hydrogen-bond acceptors (Lipinski definition) is 3. The van der Waals surface area contributed by atoms with Gasteiger partial charge in [0.05, 0.1) is 6.54 Å². The van der Waals surface area contributed by atoms with Crippen LogP contribution in [0.3, 0.4) is 0 Å². The van der Waals surface area contributed by atoms with E-state index in [0.717, 1.165) is 16.9 Å². The van der Waals surface area contributed by atoms with E-state index in [1.807, 2.05) is 72.8 Å². The van der Waals surface area contributed by atoms with Crippen molar-refractivity contribution in [2.75, 3.05) is 10.2 Å². The third kappa shape index (κ3) is 4.39. The second kappa shape index (κ2) is 8.70. The van der Waals surface area contributed by atoms with Gasteiger partial charge in [0.2, 0.25) is 0 Å². The van der Waals surface area contributed by atoms with Crippen LogP contribution in [0.5, 0.6) is 0 Å². The van der Waals surface area contributed by atoms with Crippen LogP contribution in [0.4, 0.5) is 11.4 Å². The molecule has 1 amide bonds. The molecular weight excluding hydrogens is 346 g/mol. The molecule has 1 fully saturated rings. The van der Waals surface area contributed by atoms with Gasteiger partial charge in [0.15, 0.2) is 0 Å². The van der Waals surface area contributed by atoms with Gasteiger partial charge in [0, 0.05) is 23.6 Å². The van der Waals surface area contributed by atoms with Gasteiger partial charge in [-0.1, -0.05) is 61.4 Å². The van der Waals surface area contributed by atoms with E-state index in [4.69, 9.17) is 0 Å². The number of hydrogen-bond donors (Lipinski definition) is 1. The lowest BCUT2D eigenvalue weighted by Gasteiger charge is -2.23. The van der Waals surface area contributed by atoms with E-state index in [-0.39, 0.29) is 5.91 Å². The Balaban J connectivity index is 1.59. The minimum Gasteiger partial charge on any atom is -0.382 e. The van der Waals surface area contributed by atoms with Crippen molar-refractivity contribution in [1.82, 2.24) is 4.98 Å². The summed E-state index contributed by atoms with van der Waals surface area (Å²) in [6.07, 6.45) is 6.64. The van der Waals surface area contributed by atoms with Crippen LogP contribution in [0.25, 0.3) is 0 Å². The second-order valence-electron chi connectivity index (χ2n) is 7.27. The van der Waals surface area contributed by atoms with Crippen molar-refractivity contribution >= 4 is 17.3 Å². The summed E-state index contributed by atoms with van der Waals surface area (Å²) in [6, 6.07) is 24.1. The Morgan fingerprint density at radius 2 is 1.64 bits per heavy atom. The fourth-order valence-corrected chi connectivity index (χ4v) is 3.74. The summed E-state index contributed by atoms with van der Waals surface area (Å²) in [5, 5.41) is 3.55. The third-order valence-electron chi connectivity index (χ3n) is 5.20. The number of para-hydroxylation sites is 1. The van der Waals surface area contributed by atoms with E-state index in [9.17, 15) is 4.79 Å². The zero-order valence-corrected chi connectivity index (χ0v) is 15.9. The molecular formula is C24H25N3O. The van der Waals surface area contributed by atoms with Crippen molar-refractivity contribution in [2.45, 2.75) is 38.3 Å². The predicted octanol–water partition coefficient (Wildman–Crippen LogP) is 5.28. The lowest BCUT2D eigenvalue weighted by atomic mass is 10.1. The summed E-state index contributed by atoms with van der Waals surface area (Å²) in [5.74, 6) is -0.0925. The maximum Gasteiger partial charge on any atom is 0.277 e. The number of nitrogens with one attached hydrogen (secondary N) is 1. The zero-order chi connectivity index (χ0) is 19.2. The average Bonchev–Trinajstić information content (AvgIpc) is 3.26. The number of pyridine rings is 1. The van der Waals surface area contributed by atoms with Gasteiger partial charge in [-0.05, 0) is 42.7 Å². The molecule has 1 heterocycles. The second-order valence-corrected chi connectivity index (χ2v) is 7.27. The first-order valence-corrected chi connectivity index (χ1v) is 9.93. The largest absolute Gasteiger partial charge is 0.382 e. The lowest BCUT2D eigenvalue weighted by molar-refractivity contribution is 0.0980. The topological polar surface area (TPSA) is 45.2 Å². The highest BCUT2D eigenvalue weighted by Crippen LogP contribution is 2.24. The van der Waals surface area contributed by atoms with Crippen molar-refractivity contribution < 1.29 is 4.79 Å². The smallest absolute Gasteiger partial charge is 0.277 e. The number of nitrogens with zero attached hydrogens (tertiary/aromatic N) is 2. The summed E-state index contributed by atoms with van der Waals surface area (Å²) < 4.78 is 0. The van der Waals surface area contributed by atoms with E-state index < -0.39 is 0 Å². The van der Waals surface area contributed by atoms with Crippen LogP contribution >= 0.6 is 0 Å². The molecule has 0 spiro atoms. The molecule has 4 heteroatoms. The number of carbonyl (C=O) groups excluding carboxylic acids is 1. The van der Waals surface area contributed by atoms with Gasteiger partial charge in [0.1, 0.15) is 5.69 Å². The normalized spacial score (nSPS) is 14.0. The highest BCUT2D eigenvalue weighted by molar-refractivity contribution is 6.05. The molecule has 28 heavy (non-hydrogen) atoms. The van der Waals surface area contributed by atoms with Crippen LogP contribution in [0, 0.1) is 0 Å². The average molecular weight is 371 g/mol. The Morgan fingerprint density at radius 1 is 0.964 bits per heavy atom. The molecule has 0 unspecified atom stereocenters. The molecule has 0 atom stereocenters. The first-order chi connectivity index (χ1) is 13.8. The van der Waals surface area contributed by atoms with E-state index in [2.05, 4.69) is 10.3 Å². The number of benzene rings is 2. The summed E-state index contributed by atoms with van der Waals surface area (Å²) in [5.41, 5.74) is 3.38. The highest BCUT2D eigenvalue weighted by Gasteiger charge is 2.20. The minimum atomic E-state index is -0.0925. The number of carbonyl (C=O) groups is 1. The van der Waals surface area contributed by atoms with Crippen LogP contribution in [0.2, 0.25) is 0 Å². The van der Waals surface area contributed by atoms with E-state index in [1.54, 1.807) is 11.1 Å². The van der Waals surface area contributed by atoms with Crippen molar-refractivity contribution in [3.05, 3.63) is 90.3 Å². The molecule has 0 radical (unpaired) electrons. The number of aromatic nitrogens is 1. The van der Waals surface area contributed by atoms with Gasteiger partial charge in [0.25, 0.3) is 5.91 Å². The molecule has 1 aromatic heterocycles. The Hall–Kier alpha value is -3.14. The molecule has 0 aliphatic heterocycles. The maximum absolute atomic E-state index is 13.4. The quantitative estimate of drug-likeness (QED) is 0.641.